The van der Waals surface area contributed by atoms with Crippen LogP contribution in [0.3, 0.4) is 0 Å². The molecule has 2 atom stereocenters. The van der Waals surface area contributed by atoms with Gasteiger partial charge in [-0.2, -0.15) is 0 Å². The maximum atomic E-state index is 12.9. The van der Waals surface area contributed by atoms with Gasteiger partial charge in [-0.3, -0.25) is 9.59 Å². The van der Waals surface area contributed by atoms with Crippen LogP contribution < -0.4 is 10.6 Å². The van der Waals surface area contributed by atoms with E-state index in [0.717, 1.165) is 38.0 Å². The summed E-state index contributed by atoms with van der Waals surface area (Å²) in [7, 11) is 1.96. The molecule has 0 saturated carbocycles. The normalized spacial score (nSPS) is 24.4. The summed E-state index contributed by atoms with van der Waals surface area (Å²) >= 11 is 0. The summed E-state index contributed by atoms with van der Waals surface area (Å²) in [4.78, 5) is 26.6. The summed E-state index contributed by atoms with van der Waals surface area (Å²) in [5.41, 5.74) is 0.897. The van der Waals surface area contributed by atoms with Crippen molar-refractivity contribution in [2.24, 2.45) is 5.92 Å². The molecule has 2 heterocycles. The zero-order valence-electron chi connectivity index (χ0n) is 14.4. The van der Waals surface area contributed by atoms with Crippen molar-refractivity contribution in [2.45, 2.75) is 25.0 Å². The molecular weight excluding hydrogens is 342 g/mol. The minimum absolute atomic E-state index is 0. The van der Waals surface area contributed by atoms with Crippen molar-refractivity contribution in [3.63, 3.8) is 0 Å². The Morgan fingerprint density at radius 1 is 1.28 bits per heavy atom. The molecule has 25 heavy (non-hydrogen) atoms. The lowest BCUT2D eigenvalue weighted by molar-refractivity contribution is -0.156. The second kappa shape index (κ2) is 9.17. The Hall–Kier alpha value is -1.63. The number of carbonyl (C=O) groups excluding carboxylic acids is 2. The van der Waals surface area contributed by atoms with E-state index in [2.05, 4.69) is 10.6 Å². The Labute approximate surface area is 154 Å². The standard InChI is InChI=1S/C18H25N3O3.ClH/c1-19-11-13-7-9-21(10-8-13)18(23)17-16(20-15(22)12-24-17)14-5-3-2-4-6-14;/h2-6,13,16-17,19H,7-12H2,1H3,(H,20,22);1H/t16-,17+;/m1./s1. The first-order valence-corrected chi connectivity index (χ1v) is 8.58. The molecule has 1 aromatic carbocycles. The first-order valence-electron chi connectivity index (χ1n) is 8.58. The zero-order valence-corrected chi connectivity index (χ0v) is 15.3. The average molecular weight is 368 g/mol. The number of ether oxygens (including phenoxy) is 1. The Bertz CT molecular complexity index is 576. The Morgan fingerprint density at radius 2 is 1.96 bits per heavy atom. The molecular formula is C18H26ClN3O3. The molecule has 7 heteroatoms. The highest BCUT2D eigenvalue weighted by atomic mass is 35.5. The van der Waals surface area contributed by atoms with Gasteiger partial charge < -0.3 is 20.3 Å². The number of carbonyl (C=O) groups is 2. The van der Waals surface area contributed by atoms with Crippen molar-refractivity contribution in [3.05, 3.63) is 35.9 Å². The van der Waals surface area contributed by atoms with Crippen LogP contribution >= 0.6 is 12.4 Å². The number of nitrogens with one attached hydrogen (secondary N) is 2. The van der Waals surface area contributed by atoms with E-state index >= 15 is 0 Å². The fraction of sp³-hybridized carbons (Fsp3) is 0.556. The molecule has 0 aliphatic carbocycles. The molecule has 138 valence electrons. The number of rotatable bonds is 4. The van der Waals surface area contributed by atoms with Gasteiger partial charge in [-0.05, 0) is 37.9 Å². The first-order chi connectivity index (χ1) is 11.7. The average Bonchev–Trinajstić information content (AvgIpc) is 2.63. The molecule has 2 fully saturated rings. The Balaban J connectivity index is 0.00000225. The van der Waals surface area contributed by atoms with Gasteiger partial charge in [0.2, 0.25) is 5.91 Å². The highest BCUT2D eigenvalue weighted by Crippen LogP contribution is 2.26. The highest BCUT2D eigenvalue weighted by molar-refractivity contribution is 5.86. The fourth-order valence-corrected chi connectivity index (χ4v) is 3.51. The number of benzene rings is 1. The fourth-order valence-electron chi connectivity index (χ4n) is 3.51. The van der Waals surface area contributed by atoms with Crippen LogP contribution in [-0.4, -0.2) is 56.1 Å². The molecule has 0 unspecified atom stereocenters. The van der Waals surface area contributed by atoms with Gasteiger partial charge in [-0.15, -0.1) is 12.4 Å². The van der Waals surface area contributed by atoms with Gasteiger partial charge in [0.15, 0.2) is 6.10 Å². The lowest BCUT2D eigenvalue weighted by atomic mass is 9.94. The Morgan fingerprint density at radius 3 is 2.60 bits per heavy atom. The summed E-state index contributed by atoms with van der Waals surface area (Å²) in [6, 6.07) is 9.13. The van der Waals surface area contributed by atoms with Crippen molar-refractivity contribution < 1.29 is 14.3 Å². The first kappa shape index (κ1) is 19.7. The van der Waals surface area contributed by atoms with Crippen LogP contribution in [0.4, 0.5) is 0 Å². The van der Waals surface area contributed by atoms with Gasteiger partial charge in [-0.25, -0.2) is 0 Å². The number of hydrogen-bond acceptors (Lipinski definition) is 4. The third kappa shape index (κ3) is 4.71. The van der Waals surface area contributed by atoms with Crippen LogP contribution in [0.15, 0.2) is 30.3 Å². The van der Waals surface area contributed by atoms with Gasteiger partial charge >= 0.3 is 0 Å². The predicted molar refractivity (Wildman–Crippen MR) is 97.5 cm³/mol. The molecule has 1 aromatic rings. The van der Waals surface area contributed by atoms with Crippen molar-refractivity contribution in [1.29, 1.82) is 0 Å². The molecule has 2 saturated heterocycles. The molecule has 2 N–H and O–H groups in total. The summed E-state index contributed by atoms with van der Waals surface area (Å²) < 4.78 is 5.63. The van der Waals surface area contributed by atoms with E-state index in [4.69, 9.17) is 4.74 Å². The lowest BCUT2D eigenvalue weighted by Gasteiger charge is -2.38. The van der Waals surface area contributed by atoms with E-state index in [0.29, 0.717) is 5.92 Å². The van der Waals surface area contributed by atoms with E-state index in [1.54, 1.807) is 0 Å². The van der Waals surface area contributed by atoms with Crippen molar-refractivity contribution in [3.8, 4) is 0 Å². The smallest absolute Gasteiger partial charge is 0.254 e. The summed E-state index contributed by atoms with van der Waals surface area (Å²) in [6.45, 7) is 2.43. The van der Waals surface area contributed by atoms with Crippen LogP contribution in [-0.2, 0) is 14.3 Å². The number of halogens is 1. The molecule has 0 aromatic heterocycles. The van der Waals surface area contributed by atoms with E-state index in [-0.39, 0.29) is 30.8 Å². The maximum absolute atomic E-state index is 12.9. The minimum Gasteiger partial charge on any atom is -0.356 e. The van der Waals surface area contributed by atoms with E-state index in [1.807, 2.05) is 42.3 Å². The van der Waals surface area contributed by atoms with Gasteiger partial charge in [0.1, 0.15) is 6.61 Å². The number of nitrogens with zero attached hydrogens (tertiary/aromatic N) is 1. The van der Waals surface area contributed by atoms with Gasteiger partial charge in [0, 0.05) is 13.1 Å². The van der Waals surface area contributed by atoms with E-state index < -0.39 is 12.1 Å². The van der Waals surface area contributed by atoms with E-state index in [1.165, 1.54) is 0 Å². The van der Waals surface area contributed by atoms with E-state index in [9.17, 15) is 9.59 Å². The molecule has 2 aliphatic heterocycles. The van der Waals surface area contributed by atoms with Crippen LogP contribution in [0.1, 0.15) is 24.4 Å². The largest absolute Gasteiger partial charge is 0.356 e. The molecule has 3 rings (SSSR count). The summed E-state index contributed by atoms with van der Waals surface area (Å²) in [5.74, 6) is 0.420. The molecule has 6 nitrogen and oxygen atoms in total. The molecule has 0 bridgehead atoms. The lowest BCUT2D eigenvalue weighted by Crippen LogP contribution is -2.54. The number of amides is 2. The highest BCUT2D eigenvalue weighted by Gasteiger charge is 2.39. The zero-order chi connectivity index (χ0) is 16.9. The van der Waals surface area contributed by atoms with Crippen molar-refractivity contribution >= 4 is 24.2 Å². The maximum Gasteiger partial charge on any atom is 0.254 e. The third-order valence-electron chi connectivity index (χ3n) is 4.83. The van der Waals surface area contributed by atoms with Gasteiger partial charge in [0.25, 0.3) is 5.91 Å². The molecule has 2 amide bonds. The number of morpholine rings is 1. The third-order valence-corrected chi connectivity index (χ3v) is 4.83. The Kier molecular flexibility index (Phi) is 7.23. The molecule has 0 radical (unpaired) electrons. The second-order valence-electron chi connectivity index (χ2n) is 6.51. The van der Waals surface area contributed by atoms with Crippen LogP contribution in [0, 0.1) is 5.92 Å². The number of hydrogen-bond donors (Lipinski definition) is 2. The number of piperidine rings is 1. The molecule has 0 spiro atoms. The number of likely N-dealkylation sites (tertiary alicyclic amines) is 1. The van der Waals surface area contributed by atoms with Crippen LogP contribution in [0.5, 0.6) is 0 Å². The quantitative estimate of drug-likeness (QED) is 0.836. The summed E-state index contributed by atoms with van der Waals surface area (Å²) in [6.07, 6.45) is 1.36. The van der Waals surface area contributed by atoms with Crippen molar-refractivity contribution in [2.75, 3.05) is 33.3 Å². The van der Waals surface area contributed by atoms with Crippen LogP contribution in [0.2, 0.25) is 0 Å². The van der Waals surface area contributed by atoms with Gasteiger partial charge in [0.05, 0.1) is 6.04 Å². The molecule has 2 aliphatic rings. The summed E-state index contributed by atoms with van der Waals surface area (Å²) in [5, 5.41) is 6.11. The van der Waals surface area contributed by atoms with Crippen molar-refractivity contribution in [1.82, 2.24) is 15.5 Å². The topological polar surface area (TPSA) is 70.7 Å². The second-order valence-corrected chi connectivity index (χ2v) is 6.51. The van der Waals surface area contributed by atoms with Gasteiger partial charge in [-0.1, -0.05) is 30.3 Å². The SMILES string of the molecule is CNCC1CCN(C(=O)[C@H]2OCC(=O)N[C@@H]2c2ccccc2)CC1.Cl. The predicted octanol–water partition coefficient (Wildman–Crippen LogP) is 1.12. The minimum atomic E-state index is -0.647. The van der Waals surface area contributed by atoms with Crippen LogP contribution in [0.25, 0.3) is 0 Å². The monoisotopic (exact) mass is 367 g/mol.